The molecule has 0 fully saturated rings. The first kappa shape index (κ1) is 28.8. The fraction of sp³-hybridized carbons (Fsp3) is 0.290. The molecule has 0 unspecified atom stereocenters. The van der Waals surface area contributed by atoms with Crippen molar-refractivity contribution in [3.63, 3.8) is 0 Å². The third kappa shape index (κ3) is 6.17. The molecule has 4 rings (SSSR count). The normalized spacial score (nSPS) is 14.8. The van der Waals surface area contributed by atoms with E-state index in [0.29, 0.717) is 47.2 Å². The van der Waals surface area contributed by atoms with E-state index in [4.69, 9.17) is 26.2 Å². The van der Waals surface area contributed by atoms with Gasteiger partial charge in [-0.05, 0) is 76.1 Å². The number of nitriles is 1. The summed E-state index contributed by atoms with van der Waals surface area (Å²) in [6.07, 6.45) is 4.00. The lowest BCUT2D eigenvalue weighted by atomic mass is 9.93. The average molecular weight is 559 g/mol. The number of hydrogen-bond acceptors (Lipinski definition) is 6. The lowest BCUT2D eigenvalue weighted by molar-refractivity contribution is -0.140. The first-order chi connectivity index (χ1) is 19.2. The topological polar surface area (TPSA) is 97.4 Å². The third-order valence-corrected chi connectivity index (χ3v) is 6.67. The van der Waals surface area contributed by atoms with Crippen LogP contribution in [0, 0.1) is 11.3 Å². The van der Waals surface area contributed by atoms with Gasteiger partial charge in [0, 0.05) is 36.0 Å². The Hall–Kier alpha value is -4.19. The molecule has 1 aliphatic rings. The van der Waals surface area contributed by atoms with Crippen LogP contribution >= 0.6 is 11.6 Å². The molecule has 206 valence electrons. The molecule has 0 aliphatic carbocycles. The number of aromatic nitrogens is 2. The number of hydrogen-bond donors (Lipinski definition) is 0. The maximum Gasteiger partial charge on any atom is 0.271 e. The zero-order chi connectivity index (χ0) is 28.8. The summed E-state index contributed by atoms with van der Waals surface area (Å²) in [7, 11) is 0. The Balaban J connectivity index is 1.81. The van der Waals surface area contributed by atoms with Crippen LogP contribution in [0.2, 0.25) is 5.02 Å². The molecule has 0 saturated carbocycles. The Bertz CT molecular complexity index is 1520. The van der Waals surface area contributed by atoms with Gasteiger partial charge in [0.05, 0.1) is 23.4 Å². The van der Waals surface area contributed by atoms with Gasteiger partial charge < -0.3 is 9.47 Å². The minimum absolute atomic E-state index is 0.0377. The maximum absolute atomic E-state index is 13.6. The SMILES string of the molecule is CCOc1ccc(-c2nn(-c3ccccc3)cc2/C=C2/C(=O)N(CCCOC(C)C)C(=O)C(C#N)=C2C)cc1Cl. The van der Waals surface area contributed by atoms with Crippen molar-refractivity contribution >= 4 is 29.5 Å². The van der Waals surface area contributed by atoms with Crippen LogP contribution in [0.15, 0.2) is 71.4 Å². The molecule has 0 atom stereocenters. The second-order valence-electron chi connectivity index (χ2n) is 9.50. The maximum atomic E-state index is 13.6. The summed E-state index contributed by atoms with van der Waals surface area (Å²) in [6, 6.07) is 17.0. The lowest BCUT2D eigenvalue weighted by Gasteiger charge is -2.27. The summed E-state index contributed by atoms with van der Waals surface area (Å²) >= 11 is 6.50. The van der Waals surface area contributed by atoms with E-state index in [1.165, 1.54) is 0 Å². The Morgan fingerprint density at radius 3 is 2.52 bits per heavy atom. The minimum atomic E-state index is -0.592. The van der Waals surface area contributed by atoms with Crippen molar-refractivity contribution < 1.29 is 19.1 Å². The number of para-hydroxylation sites is 1. The number of amides is 2. The van der Waals surface area contributed by atoms with E-state index in [9.17, 15) is 14.9 Å². The quantitative estimate of drug-likeness (QED) is 0.172. The summed E-state index contributed by atoms with van der Waals surface area (Å²) < 4.78 is 12.9. The Kier molecular flexibility index (Phi) is 9.20. The Morgan fingerprint density at radius 1 is 1.12 bits per heavy atom. The molecule has 40 heavy (non-hydrogen) atoms. The summed E-state index contributed by atoms with van der Waals surface area (Å²) in [5.74, 6) is -0.495. The van der Waals surface area contributed by atoms with Crippen molar-refractivity contribution in [2.75, 3.05) is 19.8 Å². The van der Waals surface area contributed by atoms with Gasteiger partial charge in [0.2, 0.25) is 0 Å². The molecule has 0 saturated heterocycles. The number of nitrogens with zero attached hydrogens (tertiary/aromatic N) is 4. The molecule has 8 nitrogen and oxygen atoms in total. The van der Waals surface area contributed by atoms with E-state index < -0.39 is 11.8 Å². The molecule has 2 heterocycles. The van der Waals surface area contributed by atoms with Crippen LogP contribution in [0.3, 0.4) is 0 Å². The van der Waals surface area contributed by atoms with Crippen LogP contribution in [-0.2, 0) is 14.3 Å². The Labute approximate surface area is 239 Å². The van der Waals surface area contributed by atoms with Gasteiger partial charge in [0.1, 0.15) is 23.1 Å². The summed E-state index contributed by atoms with van der Waals surface area (Å²) in [4.78, 5) is 27.8. The second-order valence-corrected chi connectivity index (χ2v) is 9.90. The smallest absolute Gasteiger partial charge is 0.271 e. The second kappa shape index (κ2) is 12.8. The largest absolute Gasteiger partial charge is 0.492 e. The molecule has 1 aliphatic heterocycles. The van der Waals surface area contributed by atoms with Crippen molar-refractivity contribution in [1.29, 1.82) is 5.26 Å². The average Bonchev–Trinajstić information content (AvgIpc) is 3.36. The van der Waals surface area contributed by atoms with Gasteiger partial charge in [0.15, 0.2) is 0 Å². The number of carbonyl (C=O) groups excluding carboxylic acids is 2. The predicted octanol–water partition coefficient (Wildman–Crippen LogP) is 6.00. The number of ether oxygens (including phenoxy) is 2. The van der Waals surface area contributed by atoms with Crippen LogP contribution in [0.25, 0.3) is 23.0 Å². The first-order valence-corrected chi connectivity index (χ1v) is 13.5. The highest BCUT2D eigenvalue weighted by molar-refractivity contribution is 6.32. The Morgan fingerprint density at radius 2 is 1.88 bits per heavy atom. The van der Waals surface area contributed by atoms with E-state index in [0.717, 1.165) is 16.2 Å². The standard InChI is InChI=1S/C31H31ClN4O4/c1-5-39-28-13-12-22(17-27(28)32)29-23(19-36(34-29)24-10-7-6-8-11-24)16-25-21(4)26(18-33)31(38)35(30(25)37)14-9-15-40-20(2)3/h6-8,10-13,16-17,19-20H,5,9,14-15H2,1-4H3/b25-16+. The van der Waals surface area contributed by atoms with Crippen LogP contribution in [-0.4, -0.2) is 52.4 Å². The van der Waals surface area contributed by atoms with Gasteiger partial charge in [-0.1, -0.05) is 29.8 Å². The summed E-state index contributed by atoms with van der Waals surface area (Å²) in [5.41, 5.74) is 3.28. The fourth-order valence-corrected chi connectivity index (χ4v) is 4.62. The molecule has 0 N–H and O–H groups in total. The zero-order valence-electron chi connectivity index (χ0n) is 23.0. The van der Waals surface area contributed by atoms with E-state index in [2.05, 4.69) is 0 Å². The highest BCUT2D eigenvalue weighted by Gasteiger charge is 2.35. The van der Waals surface area contributed by atoms with Crippen molar-refractivity contribution in [3.8, 4) is 28.8 Å². The molecule has 0 bridgehead atoms. The molecule has 9 heteroatoms. The van der Waals surface area contributed by atoms with E-state index in [1.54, 1.807) is 29.8 Å². The first-order valence-electron chi connectivity index (χ1n) is 13.1. The van der Waals surface area contributed by atoms with Crippen molar-refractivity contribution in [3.05, 3.63) is 82.0 Å². The number of halogens is 1. The number of benzene rings is 2. The summed E-state index contributed by atoms with van der Waals surface area (Å²) in [6.45, 7) is 8.36. The minimum Gasteiger partial charge on any atom is -0.492 e. The van der Waals surface area contributed by atoms with Gasteiger partial charge in [-0.3, -0.25) is 14.5 Å². The molecule has 2 amide bonds. The van der Waals surface area contributed by atoms with Gasteiger partial charge in [-0.15, -0.1) is 0 Å². The van der Waals surface area contributed by atoms with Crippen LogP contribution in [0.5, 0.6) is 5.75 Å². The number of rotatable bonds is 10. The lowest BCUT2D eigenvalue weighted by Crippen LogP contribution is -2.43. The highest BCUT2D eigenvalue weighted by atomic mass is 35.5. The molecule has 1 aromatic heterocycles. The fourth-order valence-electron chi connectivity index (χ4n) is 4.38. The van der Waals surface area contributed by atoms with Crippen molar-refractivity contribution in [2.24, 2.45) is 0 Å². The molecular weight excluding hydrogens is 528 g/mol. The van der Waals surface area contributed by atoms with Gasteiger partial charge >= 0.3 is 0 Å². The number of imide groups is 1. The summed E-state index contributed by atoms with van der Waals surface area (Å²) in [5, 5.41) is 15.0. The van der Waals surface area contributed by atoms with Gasteiger partial charge in [0.25, 0.3) is 11.8 Å². The van der Waals surface area contributed by atoms with Crippen LogP contribution in [0.1, 0.15) is 39.7 Å². The molecule has 0 spiro atoms. The monoisotopic (exact) mass is 558 g/mol. The van der Waals surface area contributed by atoms with Crippen LogP contribution < -0.4 is 4.74 Å². The van der Waals surface area contributed by atoms with E-state index in [-0.39, 0.29) is 23.8 Å². The van der Waals surface area contributed by atoms with Gasteiger partial charge in [-0.2, -0.15) is 10.4 Å². The molecule has 2 aromatic carbocycles. The zero-order valence-corrected chi connectivity index (χ0v) is 23.7. The molecule has 0 radical (unpaired) electrons. The van der Waals surface area contributed by atoms with Gasteiger partial charge in [-0.25, -0.2) is 4.68 Å². The highest BCUT2D eigenvalue weighted by Crippen LogP contribution is 2.34. The van der Waals surface area contributed by atoms with E-state index >= 15 is 0 Å². The number of carbonyl (C=O) groups is 2. The third-order valence-electron chi connectivity index (χ3n) is 6.37. The molecule has 3 aromatic rings. The van der Waals surface area contributed by atoms with E-state index in [1.807, 2.05) is 69.4 Å². The van der Waals surface area contributed by atoms with Crippen molar-refractivity contribution in [2.45, 2.75) is 40.2 Å². The van der Waals surface area contributed by atoms with Crippen LogP contribution in [0.4, 0.5) is 0 Å². The predicted molar refractivity (Wildman–Crippen MR) is 154 cm³/mol. The van der Waals surface area contributed by atoms with Crippen molar-refractivity contribution in [1.82, 2.24) is 14.7 Å². The molecular formula is C31H31ClN4O4.